The van der Waals surface area contributed by atoms with E-state index in [1.165, 1.54) is 22.3 Å². The lowest BCUT2D eigenvalue weighted by Gasteiger charge is -2.50. The minimum atomic E-state index is -1.10. The van der Waals surface area contributed by atoms with Gasteiger partial charge in [-0.2, -0.15) is 0 Å². The van der Waals surface area contributed by atoms with Crippen molar-refractivity contribution in [3.63, 3.8) is 0 Å². The van der Waals surface area contributed by atoms with Crippen LogP contribution < -0.4 is 10.4 Å². The fourth-order valence-electron chi connectivity index (χ4n) is 11.4. The summed E-state index contributed by atoms with van der Waals surface area (Å²) in [5.74, 6) is 0.0820. The van der Waals surface area contributed by atoms with Crippen molar-refractivity contribution in [3.05, 3.63) is 158 Å². The third kappa shape index (κ3) is 9.08. The van der Waals surface area contributed by atoms with Gasteiger partial charge in [-0.3, -0.25) is 4.79 Å². The molecule has 8 nitrogen and oxygen atoms in total. The van der Waals surface area contributed by atoms with Gasteiger partial charge in [-0.05, 0) is 136 Å². The normalized spacial score (nSPS) is 25.4. The Morgan fingerprint density at radius 2 is 1.56 bits per heavy atom. The monoisotopic (exact) mass is 862 g/mol. The SMILES string of the molecule is COCCc1cc2ccc3c(c2oc1=O)C1OC(=O)CC2CC(c4cccc(Cc5ccccc5)c4)CCC2c2ccc(cc2)CCC(=C(C)C)C(=O)OC1C(C)(C1CCCCC1)O3. The third-order valence-electron chi connectivity index (χ3n) is 14.9. The van der Waals surface area contributed by atoms with Crippen LogP contribution in [0.1, 0.15) is 142 Å². The van der Waals surface area contributed by atoms with Gasteiger partial charge in [-0.15, -0.1) is 0 Å². The minimum Gasteiger partial charge on any atom is -0.483 e. The standard InChI is InChI=1S/C56H62O8/c1-35(2)46-25-20-36-18-21-39(22-19-36)47-26-23-41(40-15-11-14-38(31-40)30-37-12-7-5-8-13-37)32-44(47)34-49(57)61-52-50-48(27-24-42-33-43(28-29-60-4)54(58)62-51(42)50)64-56(3,53(52)63-55(46)59)45-16-9-6-10-17-45/h5,7-8,11-15,18-19,21-22,24,27,31,33,41,44-45,47,52-53H,6,9-10,16-17,20,23,25-26,28-30,32,34H2,1-4H3. The Kier molecular flexibility index (Phi) is 12.9. The Hall–Kier alpha value is -5.47. The van der Waals surface area contributed by atoms with Gasteiger partial charge in [0.05, 0.1) is 12.2 Å². The van der Waals surface area contributed by atoms with Crippen molar-refractivity contribution in [3.8, 4) is 5.75 Å². The van der Waals surface area contributed by atoms with E-state index in [1.807, 2.05) is 39.0 Å². The maximum atomic E-state index is 15.0. The molecule has 2 aliphatic carbocycles. The molecular weight excluding hydrogens is 801 g/mol. The number of rotatable bonds is 7. The van der Waals surface area contributed by atoms with Gasteiger partial charge in [-0.25, -0.2) is 9.59 Å². The van der Waals surface area contributed by atoms with Crippen molar-refractivity contribution >= 4 is 22.9 Å². The second kappa shape index (κ2) is 18.9. The van der Waals surface area contributed by atoms with Gasteiger partial charge < -0.3 is 23.4 Å². The number of hydrogen-bond acceptors (Lipinski definition) is 8. The number of benzene rings is 4. The molecule has 8 heteroatoms. The van der Waals surface area contributed by atoms with Crippen LogP contribution in [-0.4, -0.2) is 37.4 Å². The Bertz CT molecular complexity index is 2560. The molecule has 2 saturated carbocycles. The second-order valence-corrected chi connectivity index (χ2v) is 19.3. The Morgan fingerprint density at radius 3 is 2.33 bits per heavy atom. The molecule has 0 N–H and O–H groups in total. The van der Waals surface area contributed by atoms with E-state index >= 15 is 4.79 Å². The number of hydrogen-bond donors (Lipinski definition) is 0. The lowest BCUT2D eigenvalue weighted by molar-refractivity contribution is -0.201. The molecule has 2 fully saturated rings. The first-order valence-corrected chi connectivity index (χ1v) is 23.6. The lowest BCUT2D eigenvalue weighted by atomic mass is 9.68. The van der Waals surface area contributed by atoms with Crippen molar-refractivity contribution in [1.29, 1.82) is 0 Å². The highest BCUT2D eigenvalue weighted by Gasteiger charge is 2.56. The molecule has 5 aliphatic rings. The summed E-state index contributed by atoms with van der Waals surface area (Å²) in [6.45, 7) is 6.28. The molecule has 334 valence electrons. The van der Waals surface area contributed by atoms with E-state index < -0.39 is 29.4 Å². The number of carbonyl (C=O) groups excluding carboxylic acids is 2. The Balaban J connectivity index is 1.14. The van der Waals surface area contributed by atoms with Gasteiger partial charge >= 0.3 is 17.6 Å². The van der Waals surface area contributed by atoms with Gasteiger partial charge in [0.25, 0.3) is 0 Å². The zero-order valence-corrected chi connectivity index (χ0v) is 37.9. The number of aryl methyl sites for hydroxylation is 1. The molecule has 3 aliphatic heterocycles. The van der Waals surface area contributed by atoms with Crippen LogP contribution in [0.2, 0.25) is 0 Å². The number of allylic oxidation sites excluding steroid dienone is 1. The largest absolute Gasteiger partial charge is 0.483 e. The van der Waals surface area contributed by atoms with Crippen LogP contribution in [0.15, 0.2) is 117 Å². The first-order chi connectivity index (χ1) is 31.1. The van der Waals surface area contributed by atoms with Crippen LogP contribution in [0.4, 0.5) is 0 Å². The van der Waals surface area contributed by atoms with Crippen molar-refractivity contribution in [2.45, 2.75) is 134 Å². The van der Waals surface area contributed by atoms with Gasteiger partial charge in [0.1, 0.15) is 16.9 Å². The summed E-state index contributed by atoms with van der Waals surface area (Å²) >= 11 is 0. The topological polar surface area (TPSA) is 101 Å². The first-order valence-electron chi connectivity index (χ1n) is 23.6. The minimum absolute atomic E-state index is 0.0149. The Morgan fingerprint density at radius 1 is 0.781 bits per heavy atom. The predicted molar refractivity (Wildman–Crippen MR) is 249 cm³/mol. The van der Waals surface area contributed by atoms with Crippen molar-refractivity contribution in [1.82, 2.24) is 0 Å². The van der Waals surface area contributed by atoms with E-state index in [9.17, 15) is 9.59 Å². The smallest absolute Gasteiger partial charge is 0.339 e. The quantitative estimate of drug-likeness (QED) is 0.0906. The molecule has 0 radical (unpaired) electrons. The van der Waals surface area contributed by atoms with Gasteiger partial charge in [0, 0.05) is 42.4 Å². The zero-order valence-electron chi connectivity index (χ0n) is 37.9. The predicted octanol–water partition coefficient (Wildman–Crippen LogP) is 11.8. The summed E-state index contributed by atoms with van der Waals surface area (Å²) in [6, 6.07) is 34.0. The first kappa shape index (κ1) is 43.8. The van der Waals surface area contributed by atoms with Crippen LogP contribution in [0.5, 0.6) is 5.75 Å². The highest BCUT2D eigenvalue weighted by atomic mass is 16.6. The molecule has 4 heterocycles. The summed E-state index contributed by atoms with van der Waals surface area (Å²) in [4.78, 5) is 43.4. The number of ether oxygens (including phenoxy) is 4. The highest BCUT2D eigenvalue weighted by Crippen LogP contribution is 2.53. The van der Waals surface area contributed by atoms with E-state index in [0.717, 1.165) is 68.9 Å². The Labute approximate surface area is 377 Å². The molecule has 4 aromatic carbocycles. The van der Waals surface area contributed by atoms with E-state index in [4.69, 9.17) is 23.4 Å². The van der Waals surface area contributed by atoms with Gasteiger partial charge in [0.15, 0.2) is 12.2 Å². The van der Waals surface area contributed by atoms with E-state index in [2.05, 4.69) is 78.9 Å². The summed E-state index contributed by atoms with van der Waals surface area (Å²) in [7, 11) is 1.60. The van der Waals surface area contributed by atoms with Crippen LogP contribution in [0, 0.1) is 11.8 Å². The molecule has 10 rings (SSSR count). The van der Waals surface area contributed by atoms with Crippen molar-refractivity contribution < 1.29 is 33.0 Å². The fourth-order valence-corrected chi connectivity index (χ4v) is 11.4. The molecule has 0 saturated heterocycles. The summed E-state index contributed by atoms with van der Waals surface area (Å²) < 4.78 is 32.2. The third-order valence-corrected chi connectivity index (χ3v) is 14.9. The average molecular weight is 863 g/mol. The summed E-state index contributed by atoms with van der Waals surface area (Å²) in [5, 5.41) is 0.667. The fraction of sp³-hybridized carbons (Fsp3) is 0.446. The molecule has 64 heavy (non-hydrogen) atoms. The van der Waals surface area contributed by atoms with Crippen LogP contribution in [0.3, 0.4) is 0 Å². The summed E-state index contributed by atoms with van der Waals surface area (Å²) in [5.41, 5.74) is 7.35. The average Bonchev–Trinajstić information content (AvgIpc) is 3.30. The van der Waals surface area contributed by atoms with Crippen molar-refractivity contribution in [2.75, 3.05) is 13.7 Å². The number of fused-ring (bicyclic) bond motifs is 11. The maximum absolute atomic E-state index is 15.0. The lowest BCUT2D eigenvalue weighted by Crippen LogP contribution is -2.58. The molecule has 0 amide bonds. The highest BCUT2D eigenvalue weighted by molar-refractivity contribution is 5.90. The van der Waals surface area contributed by atoms with Gasteiger partial charge in [0.2, 0.25) is 0 Å². The van der Waals surface area contributed by atoms with E-state index in [1.54, 1.807) is 7.11 Å². The van der Waals surface area contributed by atoms with Crippen molar-refractivity contribution in [2.24, 2.45) is 11.8 Å². The van der Waals surface area contributed by atoms with E-state index in [0.29, 0.717) is 53.7 Å². The molecule has 1 aromatic heterocycles. The number of esters is 2. The number of methoxy groups -OCH3 is 1. The van der Waals surface area contributed by atoms with E-state index in [-0.39, 0.29) is 41.6 Å². The maximum Gasteiger partial charge on any atom is 0.339 e. The number of carbonyl (C=O) groups is 2. The molecule has 6 unspecified atom stereocenters. The van der Waals surface area contributed by atoms with Crippen LogP contribution >= 0.6 is 0 Å². The molecule has 0 spiro atoms. The van der Waals surface area contributed by atoms with Gasteiger partial charge in [-0.1, -0.05) is 104 Å². The molecule has 5 aromatic rings. The molecule has 2 bridgehead atoms. The zero-order chi connectivity index (χ0) is 44.4. The molecular formula is C56H62O8. The van der Waals surface area contributed by atoms with Crippen LogP contribution in [0.25, 0.3) is 11.0 Å². The summed E-state index contributed by atoms with van der Waals surface area (Å²) in [6.07, 6.45) is 8.19. The molecule has 6 atom stereocenters. The second-order valence-electron chi connectivity index (χ2n) is 19.3. The van der Waals surface area contributed by atoms with Crippen LogP contribution in [-0.2, 0) is 43.1 Å².